The van der Waals surface area contributed by atoms with Crippen molar-refractivity contribution in [2.45, 2.75) is 243 Å². The number of unbranched alkanes of at least 4 members (excludes halogenated alkanes) is 23. The highest BCUT2D eigenvalue weighted by Gasteiger charge is 2.46. The quantitative estimate of drug-likeness (QED) is 0.0197. The number of ether oxygens (including phenoxy) is 4. The van der Waals surface area contributed by atoms with Gasteiger partial charge in [0.25, 0.3) is 10.1 Å². The lowest BCUT2D eigenvalue weighted by Crippen LogP contribution is -2.60. The number of aliphatic hydroxyl groups excluding tert-OH is 3. The van der Waals surface area contributed by atoms with Gasteiger partial charge in [0, 0.05) is 12.8 Å². The molecule has 13 heteroatoms. The third kappa shape index (κ3) is 33.4. The van der Waals surface area contributed by atoms with Crippen LogP contribution in [0.15, 0.2) is 36.5 Å². The Morgan fingerprint density at radius 3 is 1.52 bits per heavy atom. The van der Waals surface area contributed by atoms with Crippen molar-refractivity contribution >= 4 is 22.1 Å². The Morgan fingerprint density at radius 2 is 1.02 bits per heavy atom. The van der Waals surface area contributed by atoms with Crippen LogP contribution in [0.1, 0.15) is 206 Å². The van der Waals surface area contributed by atoms with Crippen LogP contribution >= 0.6 is 0 Å². The van der Waals surface area contributed by atoms with Gasteiger partial charge in [-0.3, -0.25) is 14.1 Å². The Labute approximate surface area is 376 Å². The van der Waals surface area contributed by atoms with E-state index in [1.54, 1.807) is 0 Å². The molecule has 362 valence electrons. The molecule has 12 nitrogen and oxygen atoms in total. The average molecular weight is 901 g/mol. The molecule has 6 atom stereocenters. The molecule has 0 radical (unpaired) electrons. The molecule has 1 fully saturated rings. The lowest BCUT2D eigenvalue weighted by Gasteiger charge is -2.40. The molecule has 0 amide bonds. The number of carbonyl (C=O) groups is 2. The van der Waals surface area contributed by atoms with Crippen LogP contribution in [0.2, 0.25) is 0 Å². The molecule has 0 aliphatic carbocycles. The lowest BCUT2D eigenvalue weighted by molar-refractivity contribution is -0.297. The fourth-order valence-corrected chi connectivity index (χ4v) is 8.15. The van der Waals surface area contributed by atoms with Gasteiger partial charge >= 0.3 is 11.9 Å². The first-order valence-corrected chi connectivity index (χ1v) is 26.2. The zero-order chi connectivity index (χ0) is 45.5. The van der Waals surface area contributed by atoms with Crippen LogP contribution in [0.3, 0.4) is 0 Å². The molecular weight excluding hydrogens is 813 g/mol. The maximum Gasteiger partial charge on any atom is 0.306 e. The van der Waals surface area contributed by atoms with Gasteiger partial charge in [-0.2, -0.15) is 8.42 Å². The zero-order valence-corrected chi connectivity index (χ0v) is 39.5. The summed E-state index contributed by atoms with van der Waals surface area (Å²) < 4.78 is 54.2. The normalized spacial score (nSPS) is 20.1. The summed E-state index contributed by atoms with van der Waals surface area (Å²) in [6, 6.07) is 0. The molecule has 0 aromatic heterocycles. The van der Waals surface area contributed by atoms with Crippen molar-refractivity contribution < 1.29 is 56.8 Å². The summed E-state index contributed by atoms with van der Waals surface area (Å²) in [5, 5.41) is 30.9. The molecule has 0 saturated carbocycles. The monoisotopic (exact) mass is 901 g/mol. The van der Waals surface area contributed by atoms with E-state index in [2.05, 4.69) is 50.3 Å². The van der Waals surface area contributed by atoms with Gasteiger partial charge in [-0.15, -0.1) is 0 Å². The summed E-state index contributed by atoms with van der Waals surface area (Å²) in [6.45, 7) is 3.67. The Kier molecular flexibility index (Phi) is 36.6. The molecule has 1 heterocycles. The minimum atomic E-state index is -4.60. The standard InChI is InChI=1S/C49H88O12S/c1-3-5-7-9-11-13-15-17-19-21-23-25-27-29-31-33-35-37-44(50)58-39-42(40-59-49-48(54)47(53)46(52)43(61-49)41-62(55,56)57)60-45(51)38-36-34-32-30-28-26-24-22-20-18-16-14-12-10-8-6-4-2/h6,8,12,14,18,20,42-43,46-49,52-54H,3-5,7,9-11,13,15-17,19,21-41H2,1-2H3,(H,55,56,57)/b8-6-,14-12-,20-18-. The summed E-state index contributed by atoms with van der Waals surface area (Å²) in [5.41, 5.74) is 0. The number of hydrogen-bond acceptors (Lipinski definition) is 11. The number of esters is 2. The van der Waals surface area contributed by atoms with Crippen molar-refractivity contribution in [3.63, 3.8) is 0 Å². The molecule has 0 aromatic carbocycles. The van der Waals surface area contributed by atoms with Gasteiger partial charge in [-0.1, -0.05) is 185 Å². The van der Waals surface area contributed by atoms with E-state index in [1.807, 2.05) is 0 Å². The summed E-state index contributed by atoms with van der Waals surface area (Å²) in [5.74, 6) is -1.99. The fourth-order valence-electron chi connectivity index (χ4n) is 7.46. The fraction of sp³-hybridized carbons (Fsp3) is 0.837. The molecule has 1 rings (SSSR count). The number of allylic oxidation sites excluding steroid dienone is 6. The van der Waals surface area contributed by atoms with Crippen molar-refractivity contribution in [1.82, 2.24) is 0 Å². The van der Waals surface area contributed by atoms with E-state index in [0.29, 0.717) is 12.8 Å². The van der Waals surface area contributed by atoms with Gasteiger partial charge in [-0.05, 0) is 44.9 Å². The third-order valence-electron chi connectivity index (χ3n) is 11.2. The summed E-state index contributed by atoms with van der Waals surface area (Å²) >= 11 is 0. The molecule has 6 unspecified atom stereocenters. The molecule has 1 aliphatic heterocycles. The van der Waals surface area contributed by atoms with E-state index in [0.717, 1.165) is 83.5 Å². The molecule has 0 aromatic rings. The maximum atomic E-state index is 12.8. The Balaban J connectivity index is 2.40. The highest BCUT2D eigenvalue weighted by Crippen LogP contribution is 2.24. The molecule has 0 spiro atoms. The van der Waals surface area contributed by atoms with Crippen LogP contribution in [0.25, 0.3) is 0 Å². The number of aliphatic hydroxyl groups is 3. The van der Waals surface area contributed by atoms with Gasteiger partial charge in [0.1, 0.15) is 36.8 Å². The van der Waals surface area contributed by atoms with Gasteiger partial charge in [0.15, 0.2) is 12.4 Å². The summed E-state index contributed by atoms with van der Waals surface area (Å²) in [7, 11) is -4.60. The SMILES string of the molecule is CC/C=C\C/C=C\C/C=C\CCCCCCCCCC(=O)OC(COC(=O)CCCCCCCCCCCCCCCCCCC)COC1OC(CS(=O)(=O)O)C(O)C(O)C1O. The topological polar surface area (TPSA) is 186 Å². The van der Waals surface area contributed by atoms with Gasteiger partial charge in [0.2, 0.25) is 0 Å². The molecule has 1 saturated heterocycles. The van der Waals surface area contributed by atoms with Gasteiger partial charge in [-0.25, -0.2) is 0 Å². The largest absolute Gasteiger partial charge is 0.462 e. The Bertz CT molecular complexity index is 1290. The average Bonchev–Trinajstić information content (AvgIpc) is 3.24. The molecule has 4 N–H and O–H groups in total. The van der Waals surface area contributed by atoms with Crippen LogP contribution in [-0.2, 0) is 38.7 Å². The summed E-state index contributed by atoms with van der Waals surface area (Å²) in [6.07, 6.45) is 36.1. The highest BCUT2D eigenvalue weighted by molar-refractivity contribution is 7.85. The van der Waals surface area contributed by atoms with Crippen LogP contribution in [-0.4, -0.2) is 96.0 Å². The van der Waals surface area contributed by atoms with Crippen LogP contribution in [0.4, 0.5) is 0 Å². The highest BCUT2D eigenvalue weighted by atomic mass is 32.2. The van der Waals surface area contributed by atoms with Crippen molar-refractivity contribution in [2.24, 2.45) is 0 Å². The van der Waals surface area contributed by atoms with E-state index in [1.165, 1.54) is 83.5 Å². The second kappa shape index (κ2) is 39.3. The lowest BCUT2D eigenvalue weighted by atomic mass is 10.00. The van der Waals surface area contributed by atoms with Crippen molar-refractivity contribution in [3.8, 4) is 0 Å². The van der Waals surface area contributed by atoms with E-state index in [4.69, 9.17) is 18.9 Å². The van der Waals surface area contributed by atoms with E-state index in [-0.39, 0.29) is 19.4 Å². The van der Waals surface area contributed by atoms with Gasteiger partial charge < -0.3 is 34.3 Å². The predicted octanol–water partition coefficient (Wildman–Crippen LogP) is 10.6. The van der Waals surface area contributed by atoms with Crippen molar-refractivity contribution in [3.05, 3.63) is 36.5 Å². The zero-order valence-electron chi connectivity index (χ0n) is 38.7. The first-order valence-electron chi connectivity index (χ1n) is 24.5. The van der Waals surface area contributed by atoms with E-state index in [9.17, 15) is 37.9 Å². The molecule has 0 bridgehead atoms. The molecule has 62 heavy (non-hydrogen) atoms. The number of hydrogen-bond donors (Lipinski definition) is 4. The van der Waals surface area contributed by atoms with Crippen molar-refractivity contribution in [1.29, 1.82) is 0 Å². The molecular formula is C49H88O12S. The smallest absolute Gasteiger partial charge is 0.306 e. The van der Waals surface area contributed by atoms with E-state index < -0.39 is 71.2 Å². The minimum absolute atomic E-state index is 0.154. The van der Waals surface area contributed by atoms with Crippen molar-refractivity contribution in [2.75, 3.05) is 19.0 Å². The minimum Gasteiger partial charge on any atom is -0.462 e. The Morgan fingerprint density at radius 1 is 0.565 bits per heavy atom. The first kappa shape index (κ1) is 57.9. The van der Waals surface area contributed by atoms with Crippen LogP contribution in [0, 0.1) is 0 Å². The third-order valence-corrected chi connectivity index (χ3v) is 12.0. The van der Waals surface area contributed by atoms with E-state index >= 15 is 0 Å². The van der Waals surface area contributed by atoms with Crippen LogP contribution in [0.5, 0.6) is 0 Å². The first-order chi connectivity index (χ1) is 30.0. The second-order valence-corrected chi connectivity index (χ2v) is 18.6. The Hall–Kier alpha value is -2.13. The van der Waals surface area contributed by atoms with Gasteiger partial charge in [0.05, 0.1) is 6.61 Å². The predicted molar refractivity (Wildman–Crippen MR) is 247 cm³/mol. The number of rotatable bonds is 41. The maximum absolute atomic E-state index is 12.8. The van der Waals surface area contributed by atoms with Crippen LogP contribution < -0.4 is 0 Å². The second-order valence-electron chi connectivity index (χ2n) is 17.1. The summed E-state index contributed by atoms with van der Waals surface area (Å²) in [4.78, 5) is 25.5. The molecule has 1 aliphatic rings. The number of carbonyl (C=O) groups excluding carboxylic acids is 2.